The van der Waals surface area contributed by atoms with Gasteiger partial charge in [-0.05, 0) is 11.4 Å². The van der Waals surface area contributed by atoms with Crippen LogP contribution >= 0.6 is 0 Å². The van der Waals surface area contributed by atoms with Crippen molar-refractivity contribution in [2.75, 3.05) is 6.54 Å². The number of hydrogen-bond acceptors (Lipinski definition) is 1. The molecule has 0 spiro atoms. The molecule has 0 aromatic carbocycles. The van der Waals surface area contributed by atoms with Gasteiger partial charge in [0, 0.05) is 11.5 Å². The molecule has 0 heterocycles. The molecule has 0 unspecified atom stereocenters. The van der Waals surface area contributed by atoms with Crippen LogP contribution in [0.5, 0.6) is 0 Å². The van der Waals surface area contributed by atoms with Gasteiger partial charge in [0.1, 0.15) is 0 Å². The normalized spacial score (nSPS) is 17.6. The van der Waals surface area contributed by atoms with E-state index in [1.54, 1.807) is 0 Å². The van der Waals surface area contributed by atoms with Gasteiger partial charge in [-0.25, -0.2) is 0 Å². The first kappa shape index (κ1) is 9.31. The van der Waals surface area contributed by atoms with E-state index in [2.05, 4.69) is 10.0 Å². The number of nitrogens with zero attached hydrogens (tertiary/aromatic N) is 3. The van der Waals surface area contributed by atoms with E-state index in [9.17, 15) is 0 Å². The predicted molar refractivity (Wildman–Crippen MR) is 42.7 cm³/mol. The molecule has 1 aliphatic rings. The molecule has 0 aromatic heterocycles. The second kappa shape index (κ2) is 5.12. The highest BCUT2D eigenvalue weighted by atomic mass is 15.1. The van der Waals surface area contributed by atoms with Gasteiger partial charge in [-0.2, -0.15) is 0 Å². The minimum absolute atomic E-state index is 0. The zero-order valence-corrected chi connectivity index (χ0v) is 5.45. The molecule has 1 fully saturated rings. The number of hydrogen-bond donors (Lipinski definition) is 0. The highest BCUT2D eigenvalue weighted by molar-refractivity contribution is 4.69. The first-order valence-corrected chi connectivity index (χ1v) is 3.44. The van der Waals surface area contributed by atoms with Gasteiger partial charge in [-0.3, -0.25) is 0 Å². The SMILES string of the molecule is C.[N-]=[N+]=NCC1CCCC1. The lowest BCUT2D eigenvalue weighted by molar-refractivity contribution is 0.561. The van der Waals surface area contributed by atoms with E-state index in [4.69, 9.17) is 5.53 Å². The monoisotopic (exact) mass is 141 g/mol. The van der Waals surface area contributed by atoms with Gasteiger partial charge in [-0.15, -0.1) is 0 Å². The summed E-state index contributed by atoms with van der Waals surface area (Å²) in [7, 11) is 0. The van der Waals surface area contributed by atoms with Crippen LogP contribution in [-0.2, 0) is 0 Å². The molecule has 0 atom stereocenters. The van der Waals surface area contributed by atoms with E-state index < -0.39 is 0 Å². The lowest BCUT2D eigenvalue weighted by atomic mass is 10.1. The predicted octanol–water partition coefficient (Wildman–Crippen LogP) is 3.12. The highest BCUT2D eigenvalue weighted by Gasteiger charge is 2.12. The molecular formula is C7H15N3. The van der Waals surface area contributed by atoms with Crippen LogP contribution in [-0.4, -0.2) is 6.54 Å². The van der Waals surface area contributed by atoms with Gasteiger partial charge in [0.2, 0.25) is 0 Å². The summed E-state index contributed by atoms with van der Waals surface area (Å²) in [6.45, 7) is 0.719. The van der Waals surface area contributed by atoms with Crippen molar-refractivity contribution >= 4 is 0 Å². The van der Waals surface area contributed by atoms with Crippen LogP contribution in [0, 0.1) is 5.92 Å². The average molecular weight is 141 g/mol. The van der Waals surface area contributed by atoms with E-state index >= 15 is 0 Å². The van der Waals surface area contributed by atoms with Crippen molar-refractivity contribution in [3.8, 4) is 0 Å². The fourth-order valence-corrected chi connectivity index (χ4v) is 1.34. The Hall–Kier alpha value is -0.690. The smallest absolute Gasteiger partial charge is 0.0286 e. The first-order chi connectivity index (χ1) is 4.43. The van der Waals surface area contributed by atoms with Gasteiger partial charge in [-0.1, -0.05) is 38.2 Å². The molecule has 0 aromatic rings. The molecule has 0 radical (unpaired) electrons. The highest BCUT2D eigenvalue weighted by Crippen LogP contribution is 2.24. The Morgan fingerprint density at radius 1 is 1.40 bits per heavy atom. The van der Waals surface area contributed by atoms with Crippen LogP contribution in [0.1, 0.15) is 33.1 Å². The molecule has 10 heavy (non-hydrogen) atoms. The minimum Gasteiger partial charge on any atom is -0.0937 e. The lowest BCUT2D eigenvalue weighted by Crippen LogP contribution is -1.95. The molecule has 1 rings (SSSR count). The first-order valence-electron chi connectivity index (χ1n) is 3.44. The van der Waals surface area contributed by atoms with Crippen molar-refractivity contribution in [1.29, 1.82) is 0 Å². The van der Waals surface area contributed by atoms with Crippen LogP contribution in [0.15, 0.2) is 5.11 Å². The Labute approximate surface area is 62.1 Å². The molecule has 1 aliphatic carbocycles. The zero-order chi connectivity index (χ0) is 6.53. The summed E-state index contributed by atoms with van der Waals surface area (Å²) in [5.41, 5.74) is 7.98. The van der Waals surface area contributed by atoms with E-state index in [0.29, 0.717) is 5.92 Å². The average Bonchev–Trinajstić information content (AvgIpc) is 2.34. The Morgan fingerprint density at radius 2 is 2.00 bits per heavy atom. The summed E-state index contributed by atoms with van der Waals surface area (Å²) in [5.74, 6) is 0.695. The van der Waals surface area contributed by atoms with Gasteiger partial charge >= 0.3 is 0 Å². The largest absolute Gasteiger partial charge is 0.0937 e. The van der Waals surface area contributed by atoms with Crippen molar-refractivity contribution in [2.24, 2.45) is 11.0 Å². The Kier molecular flexibility index (Phi) is 4.77. The van der Waals surface area contributed by atoms with Crippen molar-refractivity contribution in [3.05, 3.63) is 10.4 Å². The van der Waals surface area contributed by atoms with Gasteiger partial charge in [0.25, 0.3) is 0 Å². The fourth-order valence-electron chi connectivity index (χ4n) is 1.34. The molecular weight excluding hydrogens is 126 g/mol. The quantitative estimate of drug-likeness (QED) is 0.322. The molecule has 3 heteroatoms. The van der Waals surface area contributed by atoms with Gasteiger partial charge < -0.3 is 0 Å². The fraction of sp³-hybridized carbons (Fsp3) is 1.00. The van der Waals surface area contributed by atoms with Gasteiger partial charge in [0.15, 0.2) is 0 Å². The van der Waals surface area contributed by atoms with Crippen molar-refractivity contribution in [1.82, 2.24) is 0 Å². The zero-order valence-electron chi connectivity index (χ0n) is 5.45. The van der Waals surface area contributed by atoms with E-state index in [1.165, 1.54) is 25.7 Å². The molecule has 0 N–H and O–H groups in total. The Balaban J connectivity index is 0.000000810. The second-order valence-corrected chi connectivity index (χ2v) is 2.56. The summed E-state index contributed by atoms with van der Waals surface area (Å²) in [5, 5.41) is 3.53. The maximum absolute atomic E-state index is 7.98. The maximum atomic E-state index is 7.98. The second-order valence-electron chi connectivity index (χ2n) is 2.56. The molecule has 0 bridgehead atoms. The van der Waals surface area contributed by atoms with E-state index in [1.807, 2.05) is 0 Å². The minimum atomic E-state index is 0. The van der Waals surface area contributed by atoms with Crippen molar-refractivity contribution < 1.29 is 0 Å². The van der Waals surface area contributed by atoms with Gasteiger partial charge in [0.05, 0.1) is 0 Å². The third kappa shape index (κ3) is 2.74. The summed E-state index contributed by atoms with van der Waals surface area (Å²) >= 11 is 0. The molecule has 0 saturated heterocycles. The third-order valence-electron chi connectivity index (χ3n) is 1.88. The van der Waals surface area contributed by atoms with E-state index in [0.717, 1.165) is 6.54 Å². The molecule has 3 nitrogen and oxygen atoms in total. The summed E-state index contributed by atoms with van der Waals surface area (Å²) in [6, 6.07) is 0. The van der Waals surface area contributed by atoms with E-state index in [-0.39, 0.29) is 7.43 Å². The van der Waals surface area contributed by atoms with Crippen LogP contribution in [0.4, 0.5) is 0 Å². The maximum Gasteiger partial charge on any atom is 0.0286 e. The standard InChI is InChI=1S/C6H11N3.CH4/c7-9-8-5-6-3-1-2-4-6;/h6H,1-5H2;1H4. The molecule has 1 saturated carbocycles. The number of azide groups is 1. The molecule has 0 aliphatic heterocycles. The Bertz CT molecular complexity index is 121. The number of rotatable bonds is 2. The van der Waals surface area contributed by atoms with Crippen LogP contribution in [0.25, 0.3) is 10.4 Å². The molecule has 0 amide bonds. The van der Waals surface area contributed by atoms with Crippen LogP contribution in [0.2, 0.25) is 0 Å². The van der Waals surface area contributed by atoms with Crippen molar-refractivity contribution in [2.45, 2.75) is 33.1 Å². The third-order valence-corrected chi connectivity index (χ3v) is 1.88. The van der Waals surface area contributed by atoms with Crippen molar-refractivity contribution in [3.63, 3.8) is 0 Å². The summed E-state index contributed by atoms with van der Waals surface area (Å²) < 4.78 is 0. The van der Waals surface area contributed by atoms with Crippen LogP contribution in [0.3, 0.4) is 0 Å². The Morgan fingerprint density at radius 3 is 2.50 bits per heavy atom. The lowest BCUT2D eigenvalue weighted by Gasteiger charge is -1.99. The summed E-state index contributed by atoms with van der Waals surface area (Å²) in [4.78, 5) is 2.72. The molecule has 58 valence electrons. The topological polar surface area (TPSA) is 48.8 Å². The summed E-state index contributed by atoms with van der Waals surface area (Å²) in [6.07, 6.45) is 5.18. The van der Waals surface area contributed by atoms with Crippen LogP contribution < -0.4 is 0 Å².